The Bertz CT molecular complexity index is 433. The molecule has 4 nitrogen and oxygen atoms in total. The Balaban J connectivity index is 2.23. The van der Waals surface area contributed by atoms with Crippen LogP contribution in [0.3, 0.4) is 0 Å². The van der Waals surface area contributed by atoms with Crippen molar-refractivity contribution >= 4 is 6.01 Å². The summed E-state index contributed by atoms with van der Waals surface area (Å²) in [5, 5.41) is 0. The number of nitrogen functional groups attached to an aromatic ring is 1. The molecule has 1 aromatic heterocycles. The summed E-state index contributed by atoms with van der Waals surface area (Å²) in [6.45, 7) is 0.663. The maximum Gasteiger partial charge on any atom is 0.292 e. The van der Waals surface area contributed by atoms with Gasteiger partial charge >= 0.3 is 0 Å². The Morgan fingerprint density at radius 3 is 2.47 bits per heavy atom. The van der Waals surface area contributed by atoms with Crippen LogP contribution in [0.5, 0.6) is 0 Å². The van der Waals surface area contributed by atoms with Crippen LogP contribution in [0.4, 0.5) is 6.01 Å². The summed E-state index contributed by atoms with van der Waals surface area (Å²) >= 11 is 0. The van der Waals surface area contributed by atoms with Gasteiger partial charge in [-0.3, -0.25) is 0 Å². The predicted octanol–water partition coefficient (Wildman–Crippen LogP) is 1.43. The highest BCUT2D eigenvalue weighted by Crippen LogP contribution is 2.19. The third-order valence-corrected chi connectivity index (χ3v) is 2.20. The molecule has 78 valence electrons. The number of hydrogen-bond acceptors (Lipinski definition) is 4. The van der Waals surface area contributed by atoms with E-state index in [2.05, 4.69) is 4.98 Å². The Labute approximate surface area is 87.9 Å². The minimum Gasteiger partial charge on any atom is -0.432 e. The largest absolute Gasteiger partial charge is 0.432 e. The van der Waals surface area contributed by atoms with Crippen LogP contribution in [0.15, 0.2) is 34.9 Å². The zero-order valence-electron chi connectivity index (χ0n) is 8.31. The highest BCUT2D eigenvalue weighted by atomic mass is 16.4. The molecule has 0 fully saturated rings. The summed E-state index contributed by atoms with van der Waals surface area (Å²) < 4.78 is 4.94. The molecule has 4 N–H and O–H groups in total. The third kappa shape index (κ3) is 2.16. The molecule has 1 heterocycles. The van der Waals surface area contributed by atoms with E-state index in [1.165, 1.54) is 5.56 Å². The topological polar surface area (TPSA) is 78.1 Å². The summed E-state index contributed by atoms with van der Waals surface area (Å²) in [7, 11) is 0. The molecule has 0 aliphatic rings. The molecule has 0 aliphatic heterocycles. The van der Waals surface area contributed by atoms with E-state index in [1.807, 2.05) is 24.3 Å². The first-order valence-electron chi connectivity index (χ1n) is 4.80. The van der Waals surface area contributed by atoms with Crippen LogP contribution in [-0.2, 0) is 6.42 Å². The minimum atomic E-state index is 0.191. The summed E-state index contributed by atoms with van der Waals surface area (Å²) in [6, 6.07) is 8.24. The van der Waals surface area contributed by atoms with Gasteiger partial charge in [-0.05, 0) is 18.5 Å². The maximum atomic E-state index is 5.47. The average molecular weight is 203 g/mol. The van der Waals surface area contributed by atoms with Crippen molar-refractivity contribution in [3.05, 3.63) is 36.1 Å². The van der Waals surface area contributed by atoms with Crippen LogP contribution in [0.1, 0.15) is 5.56 Å². The van der Waals surface area contributed by atoms with Crippen molar-refractivity contribution in [2.45, 2.75) is 6.42 Å². The molecule has 1 aromatic carbocycles. The van der Waals surface area contributed by atoms with Crippen molar-refractivity contribution in [3.63, 3.8) is 0 Å². The van der Waals surface area contributed by atoms with Crippen LogP contribution in [0, 0.1) is 0 Å². The van der Waals surface area contributed by atoms with Crippen molar-refractivity contribution in [1.29, 1.82) is 0 Å². The van der Waals surface area contributed by atoms with Crippen LogP contribution >= 0.6 is 0 Å². The molecule has 0 unspecified atom stereocenters. The summed E-state index contributed by atoms with van der Waals surface area (Å²) in [6.07, 6.45) is 2.44. The van der Waals surface area contributed by atoms with Crippen molar-refractivity contribution in [1.82, 2.24) is 4.98 Å². The van der Waals surface area contributed by atoms with Crippen molar-refractivity contribution in [2.75, 3.05) is 12.3 Å². The van der Waals surface area contributed by atoms with Gasteiger partial charge in [0, 0.05) is 5.56 Å². The van der Waals surface area contributed by atoms with Gasteiger partial charge in [-0.1, -0.05) is 24.3 Å². The SMILES string of the molecule is NCCc1ccc(-c2coc(N)n2)cc1. The molecule has 0 saturated heterocycles. The van der Waals surface area contributed by atoms with Crippen LogP contribution in [-0.4, -0.2) is 11.5 Å². The van der Waals surface area contributed by atoms with Gasteiger partial charge in [0.1, 0.15) is 12.0 Å². The zero-order chi connectivity index (χ0) is 10.7. The zero-order valence-corrected chi connectivity index (χ0v) is 8.31. The number of oxazole rings is 1. The van der Waals surface area contributed by atoms with Gasteiger partial charge < -0.3 is 15.9 Å². The lowest BCUT2D eigenvalue weighted by molar-refractivity contribution is 0.581. The first-order chi connectivity index (χ1) is 7.29. The third-order valence-electron chi connectivity index (χ3n) is 2.20. The summed E-state index contributed by atoms with van der Waals surface area (Å²) in [5.41, 5.74) is 13.8. The molecular weight excluding hydrogens is 190 g/mol. The van der Waals surface area contributed by atoms with E-state index in [9.17, 15) is 0 Å². The maximum absolute atomic E-state index is 5.47. The molecule has 2 rings (SSSR count). The van der Waals surface area contributed by atoms with E-state index < -0.39 is 0 Å². The molecule has 2 aromatic rings. The molecule has 0 atom stereocenters. The number of nitrogens with two attached hydrogens (primary N) is 2. The van der Waals surface area contributed by atoms with E-state index in [1.54, 1.807) is 6.26 Å². The van der Waals surface area contributed by atoms with E-state index >= 15 is 0 Å². The monoisotopic (exact) mass is 203 g/mol. The fraction of sp³-hybridized carbons (Fsp3) is 0.182. The second-order valence-corrected chi connectivity index (χ2v) is 3.31. The molecular formula is C11H13N3O. The number of nitrogens with zero attached hydrogens (tertiary/aromatic N) is 1. The Kier molecular flexibility index (Phi) is 2.69. The fourth-order valence-electron chi connectivity index (χ4n) is 1.43. The van der Waals surface area contributed by atoms with E-state index in [-0.39, 0.29) is 6.01 Å². The van der Waals surface area contributed by atoms with E-state index in [0.717, 1.165) is 17.7 Å². The fourth-order valence-corrected chi connectivity index (χ4v) is 1.43. The number of hydrogen-bond donors (Lipinski definition) is 2. The number of aromatic nitrogens is 1. The van der Waals surface area contributed by atoms with Gasteiger partial charge in [-0.15, -0.1) is 0 Å². The quantitative estimate of drug-likeness (QED) is 0.790. The van der Waals surface area contributed by atoms with Gasteiger partial charge in [0.15, 0.2) is 0 Å². The van der Waals surface area contributed by atoms with Crippen molar-refractivity contribution in [3.8, 4) is 11.3 Å². The molecule has 15 heavy (non-hydrogen) atoms. The van der Waals surface area contributed by atoms with Crippen LogP contribution < -0.4 is 11.5 Å². The Hall–Kier alpha value is -1.81. The van der Waals surface area contributed by atoms with Crippen molar-refractivity contribution < 1.29 is 4.42 Å². The Morgan fingerprint density at radius 2 is 1.93 bits per heavy atom. The molecule has 0 spiro atoms. The lowest BCUT2D eigenvalue weighted by Crippen LogP contribution is -2.02. The summed E-state index contributed by atoms with van der Waals surface area (Å²) in [5.74, 6) is 0. The number of rotatable bonds is 3. The first kappa shape index (κ1) is 9.73. The predicted molar refractivity (Wildman–Crippen MR) is 59.1 cm³/mol. The van der Waals surface area contributed by atoms with E-state index in [0.29, 0.717) is 6.54 Å². The molecule has 0 radical (unpaired) electrons. The summed E-state index contributed by atoms with van der Waals surface area (Å²) in [4.78, 5) is 4.04. The second-order valence-electron chi connectivity index (χ2n) is 3.31. The van der Waals surface area contributed by atoms with Crippen molar-refractivity contribution in [2.24, 2.45) is 5.73 Å². The normalized spacial score (nSPS) is 10.5. The number of anilines is 1. The minimum absolute atomic E-state index is 0.191. The standard InChI is InChI=1S/C11H13N3O/c12-6-5-8-1-3-9(4-2-8)10-7-15-11(13)14-10/h1-4,7H,5-6,12H2,(H2,13,14). The smallest absolute Gasteiger partial charge is 0.292 e. The first-order valence-corrected chi connectivity index (χ1v) is 4.80. The molecule has 0 amide bonds. The lowest BCUT2D eigenvalue weighted by atomic mass is 10.1. The van der Waals surface area contributed by atoms with Crippen LogP contribution in [0.25, 0.3) is 11.3 Å². The van der Waals surface area contributed by atoms with Crippen LogP contribution in [0.2, 0.25) is 0 Å². The van der Waals surface area contributed by atoms with E-state index in [4.69, 9.17) is 15.9 Å². The van der Waals surface area contributed by atoms with Gasteiger partial charge in [-0.25, -0.2) is 0 Å². The second kappa shape index (κ2) is 4.14. The van der Waals surface area contributed by atoms with Gasteiger partial charge in [0.25, 0.3) is 6.01 Å². The lowest BCUT2D eigenvalue weighted by Gasteiger charge is -1.99. The van der Waals surface area contributed by atoms with Gasteiger partial charge in [0.05, 0.1) is 0 Å². The number of benzene rings is 1. The average Bonchev–Trinajstić information content (AvgIpc) is 2.67. The van der Waals surface area contributed by atoms with Gasteiger partial charge in [0.2, 0.25) is 0 Å². The molecule has 4 heteroatoms. The Morgan fingerprint density at radius 1 is 1.20 bits per heavy atom. The molecule has 0 saturated carbocycles. The molecule has 0 bridgehead atoms. The van der Waals surface area contributed by atoms with Gasteiger partial charge in [-0.2, -0.15) is 4.98 Å². The molecule has 0 aliphatic carbocycles. The highest BCUT2D eigenvalue weighted by Gasteiger charge is 2.03. The highest BCUT2D eigenvalue weighted by molar-refractivity contribution is 5.59.